The quantitative estimate of drug-likeness (QED) is 0.834. The lowest BCUT2D eigenvalue weighted by molar-refractivity contribution is -0.145. The van der Waals surface area contributed by atoms with E-state index in [-0.39, 0.29) is 35.4 Å². The summed E-state index contributed by atoms with van der Waals surface area (Å²) in [7, 11) is 1.37. The van der Waals surface area contributed by atoms with E-state index in [4.69, 9.17) is 4.74 Å². The van der Waals surface area contributed by atoms with Crippen molar-refractivity contribution in [1.29, 1.82) is 0 Å². The maximum atomic E-state index is 12.5. The zero-order valence-corrected chi connectivity index (χ0v) is 14.5. The van der Waals surface area contributed by atoms with Crippen molar-refractivity contribution in [2.75, 3.05) is 32.2 Å². The van der Waals surface area contributed by atoms with Crippen LogP contribution in [0.2, 0.25) is 0 Å². The number of phenolic OH excluding ortho intramolecular Hbond substituents is 1. The summed E-state index contributed by atoms with van der Waals surface area (Å²) in [6, 6.07) is 6.81. The van der Waals surface area contributed by atoms with Gasteiger partial charge in [-0.05, 0) is 24.0 Å². The van der Waals surface area contributed by atoms with Crippen molar-refractivity contribution >= 4 is 23.6 Å². The van der Waals surface area contributed by atoms with Crippen molar-refractivity contribution in [3.05, 3.63) is 29.8 Å². The highest BCUT2D eigenvalue weighted by Crippen LogP contribution is 2.35. The first-order chi connectivity index (χ1) is 11.0. The maximum absolute atomic E-state index is 12.5. The second-order valence-corrected chi connectivity index (χ2v) is 6.84. The van der Waals surface area contributed by atoms with Crippen LogP contribution in [0, 0.1) is 11.8 Å². The normalized spacial score (nSPS) is 22.0. The number of thioether (sulfide) groups is 1. The second kappa shape index (κ2) is 7.73. The maximum Gasteiger partial charge on any atom is 0.311 e. The molecule has 1 heterocycles. The lowest BCUT2D eigenvalue weighted by Crippen LogP contribution is -2.35. The number of likely N-dealkylation sites (tertiary alicyclic amines) is 1. The van der Waals surface area contributed by atoms with Crippen LogP contribution in [0.15, 0.2) is 24.3 Å². The van der Waals surface area contributed by atoms with Crippen LogP contribution >= 0.6 is 11.8 Å². The van der Waals surface area contributed by atoms with Crippen LogP contribution in [0.3, 0.4) is 0 Å². The Bertz CT molecular complexity index is 560. The number of esters is 1. The summed E-state index contributed by atoms with van der Waals surface area (Å²) in [6.45, 7) is 2.80. The van der Waals surface area contributed by atoms with Gasteiger partial charge in [-0.2, -0.15) is 11.8 Å². The summed E-state index contributed by atoms with van der Waals surface area (Å²) in [6.07, 6.45) is 1.98. The van der Waals surface area contributed by atoms with Crippen LogP contribution in [0.5, 0.6) is 5.75 Å². The summed E-state index contributed by atoms with van der Waals surface area (Å²) in [5, 5.41) is 9.43. The number of amides is 1. The summed E-state index contributed by atoms with van der Waals surface area (Å²) in [4.78, 5) is 26.4. The molecule has 1 N–H and O–H groups in total. The van der Waals surface area contributed by atoms with Gasteiger partial charge < -0.3 is 14.7 Å². The molecule has 0 radical (unpaired) electrons. The smallest absolute Gasteiger partial charge is 0.311 e. The van der Waals surface area contributed by atoms with Gasteiger partial charge in [0, 0.05) is 30.7 Å². The molecule has 1 aliphatic heterocycles. The summed E-state index contributed by atoms with van der Waals surface area (Å²) in [5.41, 5.74) is 0.936. The van der Waals surface area contributed by atoms with Crippen molar-refractivity contribution < 1.29 is 19.4 Å². The standard InChI is InChI=1S/C17H23NO4S/c1-11(10-23-3)16(20)18-8-14(15(9-18)17(21)22-2)12-4-6-13(19)7-5-12/h4-7,11,14-15,19H,8-10H2,1-3H3/t11?,14-,15+/m0/s1. The summed E-state index contributed by atoms with van der Waals surface area (Å²) in [5.74, 6) is 0.195. The van der Waals surface area contributed by atoms with Gasteiger partial charge in [-0.15, -0.1) is 0 Å². The number of carbonyl (C=O) groups excluding carboxylic acids is 2. The number of hydrogen-bond acceptors (Lipinski definition) is 5. The Labute approximate surface area is 141 Å². The minimum absolute atomic E-state index is 0.0677. The molecular weight excluding hydrogens is 314 g/mol. The molecule has 0 aromatic heterocycles. The predicted molar refractivity (Wildman–Crippen MR) is 90.5 cm³/mol. The molecule has 1 fully saturated rings. The predicted octanol–water partition coefficient (Wildman–Crippen LogP) is 2.11. The third-order valence-corrected chi connectivity index (χ3v) is 5.13. The van der Waals surface area contributed by atoms with E-state index < -0.39 is 0 Å². The van der Waals surface area contributed by atoms with Crippen molar-refractivity contribution in [2.45, 2.75) is 12.8 Å². The van der Waals surface area contributed by atoms with Crippen LogP contribution in [-0.2, 0) is 14.3 Å². The second-order valence-electron chi connectivity index (χ2n) is 5.93. The highest BCUT2D eigenvalue weighted by molar-refractivity contribution is 7.98. The number of benzene rings is 1. The van der Waals surface area contributed by atoms with E-state index in [9.17, 15) is 14.7 Å². The zero-order valence-electron chi connectivity index (χ0n) is 13.7. The van der Waals surface area contributed by atoms with Crippen molar-refractivity contribution in [3.8, 4) is 5.75 Å². The number of carbonyl (C=O) groups is 2. The van der Waals surface area contributed by atoms with Gasteiger partial charge in [0.1, 0.15) is 5.75 Å². The number of phenols is 1. The van der Waals surface area contributed by atoms with Gasteiger partial charge in [0.05, 0.1) is 13.0 Å². The largest absolute Gasteiger partial charge is 0.508 e. The molecule has 23 heavy (non-hydrogen) atoms. The molecule has 5 nitrogen and oxygen atoms in total. The first-order valence-electron chi connectivity index (χ1n) is 7.62. The highest BCUT2D eigenvalue weighted by Gasteiger charge is 2.41. The molecule has 1 aromatic rings. The van der Waals surface area contributed by atoms with Gasteiger partial charge in [0.2, 0.25) is 5.91 Å². The van der Waals surface area contributed by atoms with Crippen molar-refractivity contribution in [1.82, 2.24) is 4.90 Å². The number of rotatable bonds is 5. The molecule has 6 heteroatoms. The monoisotopic (exact) mass is 337 g/mol. The van der Waals surface area contributed by atoms with E-state index in [1.165, 1.54) is 7.11 Å². The molecule has 0 bridgehead atoms. The first-order valence-corrected chi connectivity index (χ1v) is 9.01. The average Bonchev–Trinajstić information content (AvgIpc) is 2.99. The number of aromatic hydroxyl groups is 1. The number of hydrogen-bond donors (Lipinski definition) is 1. The van der Waals surface area contributed by atoms with Gasteiger partial charge in [-0.25, -0.2) is 0 Å². The molecule has 1 aliphatic rings. The first kappa shape index (κ1) is 17.7. The van der Waals surface area contributed by atoms with Crippen LogP contribution in [0.4, 0.5) is 0 Å². The molecule has 1 unspecified atom stereocenters. The summed E-state index contributed by atoms with van der Waals surface area (Å²) >= 11 is 1.64. The fraction of sp³-hybridized carbons (Fsp3) is 0.529. The number of ether oxygens (including phenoxy) is 1. The lowest BCUT2D eigenvalue weighted by Gasteiger charge is -2.20. The Hall–Kier alpha value is -1.69. The van der Waals surface area contributed by atoms with E-state index in [0.29, 0.717) is 13.1 Å². The SMILES string of the molecule is COC(=O)[C@@H]1CN(C(=O)C(C)CSC)C[C@H]1c1ccc(O)cc1. The van der Waals surface area contributed by atoms with E-state index in [2.05, 4.69) is 0 Å². The van der Waals surface area contributed by atoms with Crippen LogP contribution in [0.25, 0.3) is 0 Å². The Morgan fingerprint density at radius 1 is 1.35 bits per heavy atom. The van der Waals surface area contributed by atoms with Crippen molar-refractivity contribution in [3.63, 3.8) is 0 Å². The van der Waals surface area contributed by atoms with E-state index >= 15 is 0 Å². The topological polar surface area (TPSA) is 66.8 Å². The molecule has 0 saturated carbocycles. The Kier molecular flexibility index (Phi) is 5.93. The zero-order chi connectivity index (χ0) is 17.0. The molecule has 2 rings (SSSR count). The minimum atomic E-state index is -0.366. The van der Waals surface area contributed by atoms with Gasteiger partial charge in [0.25, 0.3) is 0 Å². The molecule has 1 amide bonds. The molecule has 0 aliphatic carbocycles. The fourth-order valence-electron chi connectivity index (χ4n) is 3.07. The lowest BCUT2D eigenvalue weighted by atomic mass is 9.89. The minimum Gasteiger partial charge on any atom is -0.508 e. The molecule has 3 atom stereocenters. The Morgan fingerprint density at radius 3 is 2.57 bits per heavy atom. The highest BCUT2D eigenvalue weighted by atomic mass is 32.2. The Balaban J connectivity index is 2.20. The van der Waals surface area contributed by atoms with E-state index in [0.717, 1.165) is 11.3 Å². The summed E-state index contributed by atoms with van der Waals surface area (Å²) < 4.78 is 4.92. The average molecular weight is 337 g/mol. The van der Waals surface area contributed by atoms with E-state index in [1.54, 1.807) is 40.9 Å². The third-order valence-electron chi connectivity index (χ3n) is 4.29. The van der Waals surface area contributed by atoms with Gasteiger partial charge in [0.15, 0.2) is 0 Å². The van der Waals surface area contributed by atoms with Crippen LogP contribution < -0.4 is 0 Å². The van der Waals surface area contributed by atoms with Gasteiger partial charge >= 0.3 is 5.97 Å². The van der Waals surface area contributed by atoms with Crippen LogP contribution in [0.1, 0.15) is 18.4 Å². The van der Waals surface area contributed by atoms with Gasteiger partial charge in [-0.3, -0.25) is 9.59 Å². The molecule has 1 saturated heterocycles. The number of nitrogens with zero attached hydrogens (tertiary/aromatic N) is 1. The third kappa shape index (κ3) is 3.99. The van der Waals surface area contributed by atoms with Gasteiger partial charge in [-0.1, -0.05) is 19.1 Å². The van der Waals surface area contributed by atoms with Crippen LogP contribution in [-0.4, -0.2) is 54.1 Å². The molecule has 1 aromatic carbocycles. The molecule has 126 valence electrons. The fourth-order valence-corrected chi connectivity index (χ4v) is 3.71. The molecular formula is C17H23NO4S. The molecule has 0 spiro atoms. The van der Waals surface area contributed by atoms with E-state index in [1.807, 2.05) is 13.2 Å². The number of methoxy groups -OCH3 is 1. The van der Waals surface area contributed by atoms with Crippen molar-refractivity contribution in [2.24, 2.45) is 11.8 Å². The Morgan fingerprint density at radius 2 is 2.00 bits per heavy atom.